The number of methoxy groups -OCH3 is 1. The third kappa shape index (κ3) is 5.08. The number of carbonyl (C=O) groups is 1. The van der Waals surface area contributed by atoms with Gasteiger partial charge in [0.25, 0.3) is 15.9 Å². The van der Waals surface area contributed by atoms with Crippen LogP contribution in [0.15, 0.2) is 71.8 Å². The minimum atomic E-state index is -3.86. The Bertz CT molecular complexity index is 1100. The molecule has 9 heteroatoms. The van der Waals surface area contributed by atoms with Crippen LogP contribution in [0.2, 0.25) is 0 Å². The van der Waals surface area contributed by atoms with Gasteiger partial charge in [-0.25, -0.2) is 17.8 Å². The third-order valence-electron chi connectivity index (χ3n) is 4.01. The third-order valence-corrected chi connectivity index (χ3v) is 5.40. The van der Waals surface area contributed by atoms with E-state index in [0.29, 0.717) is 11.4 Å². The average molecular weight is 415 g/mol. The van der Waals surface area contributed by atoms with Crippen LogP contribution < -0.4 is 14.8 Å². The van der Waals surface area contributed by atoms with Crippen molar-refractivity contribution in [1.29, 1.82) is 0 Å². The Morgan fingerprint density at radius 3 is 2.41 bits per heavy atom. The maximum absolute atomic E-state index is 13.0. The molecule has 3 aromatic rings. The van der Waals surface area contributed by atoms with Crippen molar-refractivity contribution < 1.29 is 22.3 Å². The molecule has 0 bridgehead atoms. The van der Waals surface area contributed by atoms with Crippen molar-refractivity contribution in [3.05, 3.63) is 83.8 Å². The average Bonchev–Trinajstić information content (AvgIpc) is 2.72. The molecular weight excluding hydrogens is 397 g/mol. The number of hydrogen-bond acceptors (Lipinski definition) is 5. The highest BCUT2D eigenvalue weighted by Gasteiger charge is 2.15. The van der Waals surface area contributed by atoms with Crippen LogP contribution in [0.25, 0.3) is 0 Å². The van der Waals surface area contributed by atoms with Crippen molar-refractivity contribution in [3.8, 4) is 5.88 Å². The molecular formula is C20H18FN3O4S. The molecule has 0 saturated heterocycles. The van der Waals surface area contributed by atoms with Crippen LogP contribution in [-0.4, -0.2) is 26.4 Å². The zero-order valence-corrected chi connectivity index (χ0v) is 16.2. The molecule has 0 aliphatic heterocycles. The summed E-state index contributed by atoms with van der Waals surface area (Å²) in [7, 11) is -2.36. The van der Waals surface area contributed by atoms with Crippen molar-refractivity contribution in [1.82, 2.24) is 10.3 Å². The number of benzene rings is 2. The normalized spacial score (nSPS) is 11.0. The van der Waals surface area contributed by atoms with Gasteiger partial charge in [-0.15, -0.1) is 0 Å². The number of ether oxygens (including phenoxy) is 1. The van der Waals surface area contributed by atoms with Crippen molar-refractivity contribution in [2.75, 3.05) is 11.8 Å². The molecule has 1 aromatic heterocycles. The minimum absolute atomic E-state index is 0.0638. The van der Waals surface area contributed by atoms with Crippen LogP contribution in [0.4, 0.5) is 10.1 Å². The van der Waals surface area contributed by atoms with Gasteiger partial charge in [0.15, 0.2) is 0 Å². The molecule has 0 spiro atoms. The first-order valence-electron chi connectivity index (χ1n) is 8.53. The number of amides is 1. The van der Waals surface area contributed by atoms with Gasteiger partial charge in [-0.3, -0.25) is 9.52 Å². The van der Waals surface area contributed by atoms with Crippen LogP contribution in [-0.2, 0) is 16.6 Å². The number of rotatable bonds is 7. The number of nitrogens with zero attached hydrogens (tertiary/aromatic N) is 1. The lowest BCUT2D eigenvalue weighted by Gasteiger charge is -2.10. The van der Waals surface area contributed by atoms with Gasteiger partial charge < -0.3 is 10.1 Å². The summed E-state index contributed by atoms with van der Waals surface area (Å²) in [6.45, 7) is 0.231. The van der Waals surface area contributed by atoms with Gasteiger partial charge in [0.1, 0.15) is 5.82 Å². The molecule has 7 nitrogen and oxygen atoms in total. The summed E-state index contributed by atoms with van der Waals surface area (Å²) >= 11 is 0. The monoisotopic (exact) mass is 415 g/mol. The van der Waals surface area contributed by atoms with Crippen molar-refractivity contribution in [2.24, 2.45) is 0 Å². The van der Waals surface area contributed by atoms with Gasteiger partial charge in [-0.05, 0) is 54.6 Å². The molecule has 3 rings (SSSR count). The fraction of sp³-hybridized carbons (Fsp3) is 0.100. The number of sulfonamides is 1. The number of pyridine rings is 1. The Hall–Kier alpha value is -3.46. The molecule has 150 valence electrons. The molecule has 0 fully saturated rings. The van der Waals surface area contributed by atoms with Crippen molar-refractivity contribution in [3.63, 3.8) is 0 Å². The zero-order chi connectivity index (χ0) is 20.9. The Kier molecular flexibility index (Phi) is 6.08. The second-order valence-electron chi connectivity index (χ2n) is 5.99. The number of carbonyl (C=O) groups excluding carboxylic acids is 1. The summed E-state index contributed by atoms with van der Waals surface area (Å²) in [6, 6.07) is 14.0. The topological polar surface area (TPSA) is 97.4 Å². The molecule has 2 N–H and O–H groups in total. The molecule has 0 atom stereocenters. The number of hydrogen-bond donors (Lipinski definition) is 2. The van der Waals surface area contributed by atoms with Crippen LogP contribution in [0.1, 0.15) is 15.9 Å². The lowest BCUT2D eigenvalue weighted by molar-refractivity contribution is 0.0950. The van der Waals surface area contributed by atoms with E-state index in [1.807, 2.05) is 0 Å². The highest BCUT2D eigenvalue weighted by molar-refractivity contribution is 7.92. The lowest BCUT2D eigenvalue weighted by Crippen LogP contribution is -2.23. The Morgan fingerprint density at radius 2 is 1.76 bits per heavy atom. The summed E-state index contributed by atoms with van der Waals surface area (Å²) in [6.07, 6.45) is 1.59. The van der Waals surface area contributed by atoms with E-state index >= 15 is 0 Å². The highest BCUT2D eigenvalue weighted by atomic mass is 32.2. The van der Waals surface area contributed by atoms with Gasteiger partial charge in [0.05, 0.1) is 12.0 Å². The standard InChI is InChI=1S/C20H18FN3O4S/c1-28-20-15(3-2-12-22-20)13-23-19(25)14-4-8-17(9-5-14)24-29(26,27)18-10-6-16(21)7-11-18/h2-12,24H,13H2,1H3,(H,23,25). The number of anilines is 1. The van der Waals surface area contributed by atoms with Crippen LogP contribution in [0.5, 0.6) is 5.88 Å². The minimum Gasteiger partial charge on any atom is -0.481 e. The quantitative estimate of drug-likeness (QED) is 0.618. The fourth-order valence-corrected chi connectivity index (χ4v) is 3.60. The van der Waals surface area contributed by atoms with E-state index in [-0.39, 0.29) is 23.0 Å². The van der Waals surface area contributed by atoms with Crippen LogP contribution >= 0.6 is 0 Å². The summed E-state index contributed by atoms with van der Waals surface area (Å²) in [5, 5.41) is 2.76. The molecule has 0 aliphatic carbocycles. The maximum Gasteiger partial charge on any atom is 0.261 e. The Balaban J connectivity index is 1.65. The first-order valence-corrected chi connectivity index (χ1v) is 10.0. The van der Waals surface area contributed by atoms with E-state index in [1.165, 1.54) is 43.5 Å². The lowest BCUT2D eigenvalue weighted by atomic mass is 10.2. The van der Waals surface area contributed by atoms with E-state index in [1.54, 1.807) is 18.3 Å². The molecule has 29 heavy (non-hydrogen) atoms. The highest BCUT2D eigenvalue weighted by Crippen LogP contribution is 2.18. The first-order chi connectivity index (χ1) is 13.9. The van der Waals surface area contributed by atoms with Crippen molar-refractivity contribution >= 4 is 21.6 Å². The van der Waals surface area contributed by atoms with Gasteiger partial charge in [0.2, 0.25) is 5.88 Å². The van der Waals surface area contributed by atoms with E-state index in [0.717, 1.165) is 17.7 Å². The smallest absolute Gasteiger partial charge is 0.261 e. The van der Waals surface area contributed by atoms with Crippen LogP contribution in [0.3, 0.4) is 0 Å². The summed E-state index contributed by atoms with van der Waals surface area (Å²) in [5.41, 5.74) is 1.37. The second-order valence-corrected chi connectivity index (χ2v) is 7.67. The van der Waals surface area contributed by atoms with E-state index in [2.05, 4.69) is 15.0 Å². The number of nitrogens with one attached hydrogen (secondary N) is 2. The molecule has 1 heterocycles. The molecule has 0 saturated carbocycles. The van der Waals surface area contributed by atoms with Crippen molar-refractivity contribution in [2.45, 2.75) is 11.4 Å². The molecule has 0 aliphatic rings. The number of aromatic nitrogens is 1. The second kappa shape index (κ2) is 8.70. The van der Waals surface area contributed by atoms with E-state index in [9.17, 15) is 17.6 Å². The zero-order valence-electron chi connectivity index (χ0n) is 15.4. The molecule has 0 radical (unpaired) electrons. The number of halogens is 1. The predicted octanol–water partition coefficient (Wildman–Crippen LogP) is 2.96. The van der Waals surface area contributed by atoms with Gasteiger partial charge in [-0.1, -0.05) is 6.07 Å². The molecule has 0 unspecified atom stereocenters. The van der Waals surface area contributed by atoms with Crippen LogP contribution in [0, 0.1) is 5.82 Å². The SMILES string of the molecule is COc1ncccc1CNC(=O)c1ccc(NS(=O)(=O)c2ccc(F)cc2)cc1. The summed E-state index contributed by atoms with van der Waals surface area (Å²) < 4.78 is 45.1. The van der Waals surface area contributed by atoms with E-state index in [4.69, 9.17) is 4.74 Å². The van der Waals surface area contributed by atoms with Gasteiger partial charge in [-0.2, -0.15) is 0 Å². The van der Waals surface area contributed by atoms with Gasteiger partial charge >= 0.3 is 0 Å². The summed E-state index contributed by atoms with van der Waals surface area (Å²) in [5.74, 6) is -0.426. The Morgan fingerprint density at radius 1 is 1.07 bits per heavy atom. The molecule has 2 aromatic carbocycles. The fourth-order valence-electron chi connectivity index (χ4n) is 2.54. The largest absolute Gasteiger partial charge is 0.481 e. The summed E-state index contributed by atoms with van der Waals surface area (Å²) in [4.78, 5) is 16.3. The predicted molar refractivity (Wildman–Crippen MR) is 106 cm³/mol. The first kappa shape index (κ1) is 20.3. The van der Waals surface area contributed by atoms with Gasteiger partial charge in [0, 0.05) is 29.6 Å². The van der Waals surface area contributed by atoms with E-state index < -0.39 is 15.8 Å². The maximum atomic E-state index is 13.0. The Labute approximate surface area is 167 Å². The molecule has 1 amide bonds.